The zero-order valence-corrected chi connectivity index (χ0v) is 7.63. The van der Waals surface area contributed by atoms with Gasteiger partial charge in [0.25, 0.3) is 0 Å². The molecule has 1 amide bonds. The Morgan fingerprint density at radius 1 is 1.18 bits per heavy atom. The van der Waals surface area contributed by atoms with Crippen LogP contribution in [-0.4, -0.2) is 36.1 Å². The predicted molar refractivity (Wildman–Crippen MR) is 45.6 cm³/mol. The lowest BCUT2D eigenvalue weighted by atomic mass is 10.5. The Labute approximate surface area is 68.9 Å². The van der Waals surface area contributed by atoms with E-state index in [1.807, 2.05) is 32.2 Å². The van der Waals surface area contributed by atoms with Gasteiger partial charge in [0.15, 0.2) is 0 Å². The van der Waals surface area contributed by atoms with Crippen molar-refractivity contribution in [3.8, 4) is 0 Å². The van der Waals surface area contributed by atoms with Gasteiger partial charge in [0.2, 0.25) is 0 Å². The first kappa shape index (κ1) is 10.4. The van der Waals surface area contributed by atoms with E-state index in [1.165, 1.54) is 0 Å². The van der Waals surface area contributed by atoms with Crippen molar-refractivity contribution in [3.63, 3.8) is 0 Å². The molecule has 11 heavy (non-hydrogen) atoms. The average Bonchev–Trinajstić information content (AvgIpc) is 2.05. The minimum atomic E-state index is 0.769. The number of hydrogen-bond donors (Lipinski definition) is 0. The zero-order chi connectivity index (χ0) is 8.69. The number of nitrogens with zero attached hydrogens (tertiary/aromatic N) is 2. The van der Waals surface area contributed by atoms with Crippen LogP contribution in [0.15, 0.2) is 0 Å². The van der Waals surface area contributed by atoms with Crippen LogP contribution in [0.5, 0.6) is 0 Å². The van der Waals surface area contributed by atoms with Crippen LogP contribution in [0, 0.1) is 0 Å². The summed E-state index contributed by atoms with van der Waals surface area (Å²) in [5.41, 5.74) is 0. The van der Waals surface area contributed by atoms with Crippen LogP contribution < -0.4 is 0 Å². The molecule has 0 saturated carbocycles. The highest BCUT2D eigenvalue weighted by Crippen LogP contribution is 1.95. The predicted octanol–water partition coefficient (Wildman–Crippen LogP) is 1.02. The van der Waals surface area contributed by atoms with Crippen molar-refractivity contribution in [2.75, 3.05) is 19.6 Å². The molecule has 0 N–H and O–H groups in total. The standard InChI is InChI=1S/C8H17N2O/c1-4-7-10(8-11)9(5-2)6-3/h4-7H2,1-3H3. The van der Waals surface area contributed by atoms with Gasteiger partial charge in [0.1, 0.15) is 0 Å². The lowest BCUT2D eigenvalue weighted by Crippen LogP contribution is -2.41. The molecule has 3 nitrogen and oxygen atoms in total. The van der Waals surface area contributed by atoms with Gasteiger partial charge in [-0.15, -0.1) is 0 Å². The molecule has 0 saturated heterocycles. The third-order valence-electron chi connectivity index (χ3n) is 1.61. The lowest BCUT2D eigenvalue weighted by molar-refractivity contribution is 0.0536. The van der Waals surface area contributed by atoms with E-state index in [0.29, 0.717) is 0 Å². The molecule has 1 radical (unpaired) electrons. The maximum Gasteiger partial charge on any atom is 0.327 e. The van der Waals surface area contributed by atoms with E-state index in [1.54, 1.807) is 5.01 Å². The van der Waals surface area contributed by atoms with Gasteiger partial charge in [0.05, 0.1) is 0 Å². The van der Waals surface area contributed by atoms with Crippen LogP contribution in [0.25, 0.3) is 0 Å². The Morgan fingerprint density at radius 2 is 1.73 bits per heavy atom. The smallest absolute Gasteiger partial charge is 0.267 e. The van der Waals surface area contributed by atoms with Gasteiger partial charge in [0, 0.05) is 19.6 Å². The van der Waals surface area contributed by atoms with Crippen molar-refractivity contribution in [3.05, 3.63) is 0 Å². The van der Waals surface area contributed by atoms with Crippen molar-refractivity contribution >= 4 is 6.41 Å². The van der Waals surface area contributed by atoms with E-state index in [2.05, 4.69) is 0 Å². The maximum atomic E-state index is 10.4. The summed E-state index contributed by atoms with van der Waals surface area (Å²) in [7, 11) is 0. The number of carbonyl (C=O) groups excluding carboxylic acids is 1. The summed E-state index contributed by atoms with van der Waals surface area (Å²) >= 11 is 0. The summed E-state index contributed by atoms with van der Waals surface area (Å²) in [6.45, 7) is 8.61. The molecule has 0 aromatic rings. The Kier molecular flexibility index (Phi) is 5.84. The largest absolute Gasteiger partial charge is 0.327 e. The molecule has 0 bridgehead atoms. The molecule has 0 spiro atoms. The van der Waals surface area contributed by atoms with E-state index >= 15 is 0 Å². The van der Waals surface area contributed by atoms with Crippen molar-refractivity contribution < 1.29 is 4.79 Å². The average molecular weight is 157 g/mol. The minimum Gasteiger partial charge on any atom is -0.267 e. The third-order valence-corrected chi connectivity index (χ3v) is 1.61. The number of amides is 1. The fourth-order valence-electron chi connectivity index (χ4n) is 1.02. The molecule has 0 heterocycles. The van der Waals surface area contributed by atoms with E-state index in [9.17, 15) is 4.79 Å². The summed E-state index contributed by atoms with van der Waals surface area (Å²) in [6, 6.07) is 0. The van der Waals surface area contributed by atoms with E-state index < -0.39 is 0 Å². The molecule has 0 aromatic carbocycles. The molecule has 0 aliphatic heterocycles. The highest BCUT2D eigenvalue weighted by atomic mass is 16.1. The monoisotopic (exact) mass is 157 g/mol. The molecule has 0 fully saturated rings. The number of rotatable bonds is 6. The minimum absolute atomic E-state index is 0.769. The second-order valence-corrected chi connectivity index (χ2v) is 2.35. The van der Waals surface area contributed by atoms with Gasteiger partial charge >= 0.3 is 6.41 Å². The Hall–Kier alpha value is -0.570. The molecule has 0 aliphatic carbocycles. The molecule has 0 aromatic heterocycles. The zero-order valence-electron chi connectivity index (χ0n) is 7.63. The Bertz CT molecular complexity index is 102. The van der Waals surface area contributed by atoms with Crippen LogP contribution in [0.3, 0.4) is 0 Å². The SMILES string of the molecule is CCCN([C]=O)N(CC)CC. The van der Waals surface area contributed by atoms with Crippen LogP contribution in [0.4, 0.5) is 0 Å². The second-order valence-electron chi connectivity index (χ2n) is 2.35. The van der Waals surface area contributed by atoms with Crippen molar-refractivity contribution in [1.82, 2.24) is 10.0 Å². The molecular weight excluding hydrogens is 140 g/mol. The first-order valence-corrected chi connectivity index (χ1v) is 4.20. The summed E-state index contributed by atoms with van der Waals surface area (Å²) < 4.78 is 0. The second kappa shape index (κ2) is 6.16. The molecular formula is C8H17N2O. The molecule has 0 unspecified atom stereocenters. The van der Waals surface area contributed by atoms with Gasteiger partial charge in [-0.2, -0.15) is 0 Å². The van der Waals surface area contributed by atoms with Gasteiger partial charge in [-0.25, -0.2) is 5.01 Å². The Morgan fingerprint density at radius 3 is 2.00 bits per heavy atom. The van der Waals surface area contributed by atoms with Crippen LogP contribution in [0.1, 0.15) is 27.2 Å². The normalized spacial score (nSPS) is 10.2. The molecule has 65 valence electrons. The highest BCUT2D eigenvalue weighted by Gasteiger charge is 2.07. The summed E-state index contributed by atoms with van der Waals surface area (Å²) in [5, 5.41) is 3.58. The van der Waals surface area contributed by atoms with Crippen LogP contribution in [-0.2, 0) is 4.79 Å². The van der Waals surface area contributed by atoms with E-state index in [0.717, 1.165) is 26.1 Å². The summed E-state index contributed by atoms with van der Waals surface area (Å²) in [5.74, 6) is 0. The maximum absolute atomic E-state index is 10.4. The van der Waals surface area contributed by atoms with Crippen molar-refractivity contribution in [2.45, 2.75) is 27.2 Å². The van der Waals surface area contributed by atoms with Gasteiger partial charge < -0.3 is 0 Å². The Balaban J connectivity index is 3.86. The molecule has 0 aliphatic rings. The third kappa shape index (κ3) is 3.37. The van der Waals surface area contributed by atoms with Crippen LogP contribution in [0.2, 0.25) is 0 Å². The topological polar surface area (TPSA) is 23.6 Å². The number of hydrogen-bond acceptors (Lipinski definition) is 2. The van der Waals surface area contributed by atoms with Gasteiger partial charge in [-0.3, -0.25) is 9.80 Å². The fourth-order valence-corrected chi connectivity index (χ4v) is 1.02. The van der Waals surface area contributed by atoms with Crippen molar-refractivity contribution in [2.24, 2.45) is 0 Å². The first-order chi connectivity index (χ1) is 5.29. The summed E-state index contributed by atoms with van der Waals surface area (Å²) in [4.78, 5) is 10.4. The highest BCUT2D eigenvalue weighted by molar-refractivity contribution is 5.47. The van der Waals surface area contributed by atoms with Gasteiger partial charge in [-0.1, -0.05) is 20.8 Å². The van der Waals surface area contributed by atoms with Gasteiger partial charge in [-0.05, 0) is 6.42 Å². The molecule has 3 heteroatoms. The molecule has 0 atom stereocenters. The molecule has 0 rings (SSSR count). The van der Waals surface area contributed by atoms with E-state index in [4.69, 9.17) is 0 Å². The summed E-state index contributed by atoms with van der Waals surface area (Å²) in [6.07, 6.45) is 2.89. The fraction of sp³-hybridized carbons (Fsp3) is 0.875. The number of hydrazine groups is 1. The lowest BCUT2D eigenvalue weighted by Gasteiger charge is -2.28. The quantitative estimate of drug-likeness (QED) is 0.424. The van der Waals surface area contributed by atoms with Crippen LogP contribution >= 0.6 is 0 Å². The first-order valence-electron chi connectivity index (χ1n) is 4.20. The van der Waals surface area contributed by atoms with Crippen molar-refractivity contribution in [1.29, 1.82) is 0 Å². The van der Waals surface area contributed by atoms with E-state index in [-0.39, 0.29) is 0 Å².